The van der Waals surface area contributed by atoms with E-state index in [1.165, 1.54) is 11.3 Å². The van der Waals surface area contributed by atoms with Crippen molar-refractivity contribution in [2.45, 2.75) is 12.5 Å². The minimum absolute atomic E-state index is 0.151. The van der Waals surface area contributed by atoms with Gasteiger partial charge in [-0.25, -0.2) is 0 Å². The number of amides is 2. The minimum Gasteiger partial charge on any atom is -0.326 e. The maximum Gasteiger partial charge on any atom is 0.279 e. The molecule has 1 unspecified atom stereocenters. The largest absolute Gasteiger partial charge is 0.326 e. The molecule has 2 heterocycles. The van der Waals surface area contributed by atoms with Crippen molar-refractivity contribution in [3.8, 4) is 0 Å². The molecule has 7 heteroatoms. The third kappa shape index (κ3) is 3.52. The van der Waals surface area contributed by atoms with Gasteiger partial charge in [0.25, 0.3) is 11.8 Å². The van der Waals surface area contributed by atoms with E-state index in [0.29, 0.717) is 4.88 Å². The van der Waals surface area contributed by atoms with Crippen LogP contribution >= 0.6 is 11.3 Å². The van der Waals surface area contributed by atoms with Gasteiger partial charge in [-0.2, -0.15) is 0 Å². The van der Waals surface area contributed by atoms with Crippen molar-refractivity contribution in [2.75, 3.05) is 19.6 Å². The maximum absolute atomic E-state index is 11.6. The molecule has 1 saturated heterocycles. The number of nitrogens with one attached hydrogen (secondary N) is 2. The molecule has 0 radical (unpaired) electrons. The summed E-state index contributed by atoms with van der Waals surface area (Å²) in [6, 6.07) is 3.64. The summed E-state index contributed by atoms with van der Waals surface area (Å²) in [6.07, 6.45) is 0.912. The van der Waals surface area contributed by atoms with Gasteiger partial charge < -0.3 is 5.73 Å². The highest BCUT2D eigenvalue weighted by Crippen LogP contribution is 2.07. The number of carbonyl (C=O) groups is 2. The van der Waals surface area contributed by atoms with E-state index in [0.717, 1.165) is 19.5 Å². The zero-order valence-electron chi connectivity index (χ0n) is 9.89. The lowest BCUT2D eigenvalue weighted by Gasteiger charge is -2.14. The lowest BCUT2D eigenvalue weighted by molar-refractivity contribution is -0.122. The first-order valence-electron chi connectivity index (χ1n) is 5.76. The van der Waals surface area contributed by atoms with E-state index < -0.39 is 0 Å². The van der Waals surface area contributed by atoms with Gasteiger partial charge in [0.05, 0.1) is 11.4 Å². The Balaban J connectivity index is 1.70. The van der Waals surface area contributed by atoms with E-state index in [4.69, 9.17) is 5.73 Å². The van der Waals surface area contributed by atoms with Crippen molar-refractivity contribution >= 4 is 23.2 Å². The van der Waals surface area contributed by atoms with E-state index in [9.17, 15) is 9.59 Å². The number of hydrogen-bond acceptors (Lipinski definition) is 5. The van der Waals surface area contributed by atoms with Crippen molar-refractivity contribution in [3.63, 3.8) is 0 Å². The summed E-state index contributed by atoms with van der Waals surface area (Å²) < 4.78 is 0. The molecule has 4 N–H and O–H groups in total. The second-order valence-corrected chi connectivity index (χ2v) is 5.21. The van der Waals surface area contributed by atoms with Crippen LogP contribution in [-0.4, -0.2) is 42.4 Å². The monoisotopic (exact) mass is 268 g/mol. The van der Waals surface area contributed by atoms with Gasteiger partial charge in [0.1, 0.15) is 0 Å². The molecule has 1 aliphatic heterocycles. The lowest BCUT2D eigenvalue weighted by Crippen LogP contribution is -2.46. The Bertz CT molecular complexity index is 421. The van der Waals surface area contributed by atoms with Crippen LogP contribution in [0, 0.1) is 0 Å². The Labute approximate surface area is 109 Å². The van der Waals surface area contributed by atoms with Crippen LogP contribution in [0.3, 0.4) is 0 Å². The molecule has 0 aliphatic carbocycles. The third-order valence-electron chi connectivity index (χ3n) is 2.74. The minimum atomic E-state index is -0.295. The molecular formula is C11H16N4O2S. The Morgan fingerprint density at radius 2 is 2.33 bits per heavy atom. The highest BCUT2D eigenvalue weighted by Gasteiger charge is 2.21. The van der Waals surface area contributed by atoms with Crippen LogP contribution in [0.1, 0.15) is 16.1 Å². The van der Waals surface area contributed by atoms with Gasteiger partial charge in [-0.05, 0) is 17.9 Å². The Kier molecular flexibility index (Phi) is 4.29. The van der Waals surface area contributed by atoms with Gasteiger partial charge in [-0.1, -0.05) is 6.07 Å². The summed E-state index contributed by atoms with van der Waals surface area (Å²) in [6.45, 7) is 1.82. The molecule has 0 bridgehead atoms. The first kappa shape index (κ1) is 13.0. The average Bonchev–Trinajstić information content (AvgIpc) is 2.97. The molecule has 1 aromatic heterocycles. The van der Waals surface area contributed by atoms with Gasteiger partial charge in [0.15, 0.2) is 0 Å². The summed E-state index contributed by atoms with van der Waals surface area (Å²) in [7, 11) is 0. The van der Waals surface area contributed by atoms with Crippen molar-refractivity contribution < 1.29 is 9.59 Å². The van der Waals surface area contributed by atoms with Gasteiger partial charge in [-0.3, -0.25) is 25.3 Å². The summed E-state index contributed by atoms with van der Waals surface area (Å²) in [5.41, 5.74) is 10.5. The number of hydrazine groups is 1. The van der Waals surface area contributed by atoms with Crippen LogP contribution in [-0.2, 0) is 4.79 Å². The molecule has 6 nitrogen and oxygen atoms in total. The summed E-state index contributed by atoms with van der Waals surface area (Å²) in [5, 5.41) is 1.81. The van der Waals surface area contributed by atoms with Gasteiger partial charge in [0, 0.05) is 19.1 Å². The molecule has 0 saturated carbocycles. The molecule has 98 valence electrons. The normalized spacial score (nSPS) is 19.7. The van der Waals surface area contributed by atoms with Gasteiger partial charge in [-0.15, -0.1) is 11.3 Å². The number of hydrogen-bond donors (Lipinski definition) is 3. The smallest absolute Gasteiger partial charge is 0.279 e. The van der Waals surface area contributed by atoms with E-state index in [2.05, 4.69) is 10.9 Å². The molecule has 1 fully saturated rings. The molecule has 0 aromatic carbocycles. The summed E-state index contributed by atoms with van der Waals surface area (Å²) >= 11 is 1.33. The van der Waals surface area contributed by atoms with Crippen molar-refractivity contribution in [1.29, 1.82) is 0 Å². The third-order valence-corrected chi connectivity index (χ3v) is 3.61. The summed E-state index contributed by atoms with van der Waals surface area (Å²) in [4.78, 5) is 25.7. The van der Waals surface area contributed by atoms with E-state index in [-0.39, 0.29) is 24.4 Å². The van der Waals surface area contributed by atoms with Crippen LogP contribution < -0.4 is 16.6 Å². The molecule has 1 aromatic rings. The van der Waals surface area contributed by atoms with Crippen LogP contribution in [0.5, 0.6) is 0 Å². The Morgan fingerprint density at radius 3 is 2.94 bits per heavy atom. The molecule has 2 amide bonds. The van der Waals surface area contributed by atoms with Crippen LogP contribution in [0.2, 0.25) is 0 Å². The number of nitrogens with zero attached hydrogens (tertiary/aromatic N) is 1. The molecule has 1 atom stereocenters. The van der Waals surface area contributed by atoms with Crippen molar-refractivity contribution in [2.24, 2.45) is 5.73 Å². The first-order chi connectivity index (χ1) is 8.65. The van der Waals surface area contributed by atoms with E-state index >= 15 is 0 Å². The SMILES string of the molecule is NC1CCN(CC(=O)NNC(=O)c2cccs2)C1. The molecule has 18 heavy (non-hydrogen) atoms. The molecule has 0 spiro atoms. The van der Waals surface area contributed by atoms with Crippen molar-refractivity contribution in [3.05, 3.63) is 22.4 Å². The van der Waals surface area contributed by atoms with Crippen LogP contribution in [0.4, 0.5) is 0 Å². The molecule has 1 aliphatic rings. The summed E-state index contributed by atoms with van der Waals surface area (Å²) in [5.74, 6) is -0.523. The average molecular weight is 268 g/mol. The number of likely N-dealkylation sites (tertiary alicyclic amines) is 1. The Morgan fingerprint density at radius 1 is 1.50 bits per heavy atom. The van der Waals surface area contributed by atoms with Crippen LogP contribution in [0.25, 0.3) is 0 Å². The second kappa shape index (κ2) is 5.94. The number of nitrogens with two attached hydrogens (primary N) is 1. The van der Waals surface area contributed by atoms with E-state index in [1.807, 2.05) is 10.3 Å². The Hall–Kier alpha value is -1.44. The fraction of sp³-hybridized carbons (Fsp3) is 0.455. The quantitative estimate of drug-likeness (QED) is 0.648. The first-order valence-corrected chi connectivity index (χ1v) is 6.64. The number of thiophene rings is 1. The maximum atomic E-state index is 11.6. The van der Waals surface area contributed by atoms with E-state index in [1.54, 1.807) is 12.1 Å². The fourth-order valence-electron chi connectivity index (χ4n) is 1.84. The lowest BCUT2D eigenvalue weighted by atomic mass is 10.3. The predicted octanol–water partition coefficient (Wildman–Crippen LogP) is -0.458. The second-order valence-electron chi connectivity index (χ2n) is 4.26. The zero-order chi connectivity index (χ0) is 13.0. The molecular weight excluding hydrogens is 252 g/mol. The van der Waals surface area contributed by atoms with Gasteiger partial charge >= 0.3 is 0 Å². The fourth-order valence-corrected chi connectivity index (χ4v) is 2.46. The van der Waals surface area contributed by atoms with Gasteiger partial charge in [0.2, 0.25) is 0 Å². The number of rotatable bonds is 3. The van der Waals surface area contributed by atoms with Crippen LogP contribution in [0.15, 0.2) is 17.5 Å². The highest BCUT2D eigenvalue weighted by molar-refractivity contribution is 7.12. The standard InChI is InChI=1S/C11H16N4O2S/c12-8-3-4-15(6-8)7-10(16)13-14-11(17)9-2-1-5-18-9/h1-2,5,8H,3-4,6-7,12H2,(H,13,16)(H,14,17). The topological polar surface area (TPSA) is 87.5 Å². The highest BCUT2D eigenvalue weighted by atomic mass is 32.1. The number of carbonyl (C=O) groups excluding carboxylic acids is 2. The molecule has 2 rings (SSSR count). The predicted molar refractivity (Wildman–Crippen MR) is 69.0 cm³/mol. The zero-order valence-corrected chi connectivity index (χ0v) is 10.7. The van der Waals surface area contributed by atoms with Crippen molar-refractivity contribution in [1.82, 2.24) is 15.8 Å².